The van der Waals surface area contributed by atoms with Gasteiger partial charge in [0.15, 0.2) is 0 Å². The molecule has 0 radical (unpaired) electrons. The molecule has 1 aromatic carbocycles. The lowest BCUT2D eigenvalue weighted by Crippen LogP contribution is -2.34. The molecule has 1 aliphatic carbocycles. The van der Waals surface area contributed by atoms with Crippen molar-refractivity contribution in [3.63, 3.8) is 0 Å². The summed E-state index contributed by atoms with van der Waals surface area (Å²) in [4.78, 5) is 15.0. The highest BCUT2D eigenvalue weighted by atomic mass is 16.2. The largest absolute Gasteiger partial charge is 0.335 e. The van der Waals surface area contributed by atoms with Crippen molar-refractivity contribution in [3.05, 3.63) is 46.9 Å². The molecule has 0 bridgehead atoms. The van der Waals surface area contributed by atoms with Gasteiger partial charge < -0.3 is 4.90 Å². The second kappa shape index (κ2) is 6.02. The van der Waals surface area contributed by atoms with Gasteiger partial charge in [-0.3, -0.25) is 14.6 Å². The summed E-state index contributed by atoms with van der Waals surface area (Å²) < 4.78 is 1.89. The minimum atomic E-state index is 0.152. The Morgan fingerprint density at radius 1 is 1.32 bits per heavy atom. The Balaban J connectivity index is 1.57. The Labute approximate surface area is 146 Å². The van der Waals surface area contributed by atoms with E-state index in [0.29, 0.717) is 19.0 Å². The molecule has 0 atom stereocenters. The molecule has 2 heterocycles. The van der Waals surface area contributed by atoms with E-state index in [9.17, 15) is 4.79 Å². The number of carbonyl (C=O) groups is 1. The summed E-state index contributed by atoms with van der Waals surface area (Å²) in [6.45, 7) is 4.72. The first-order valence-corrected chi connectivity index (χ1v) is 8.75. The lowest BCUT2D eigenvalue weighted by atomic mass is 10.1. The number of fused-ring (bicyclic) bond motifs is 1. The van der Waals surface area contributed by atoms with Crippen molar-refractivity contribution in [3.8, 4) is 0 Å². The van der Waals surface area contributed by atoms with Crippen LogP contribution in [0.3, 0.4) is 0 Å². The summed E-state index contributed by atoms with van der Waals surface area (Å²) in [6.07, 6.45) is 2.54. The second-order valence-electron chi connectivity index (χ2n) is 6.92. The normalized spacial score (nSPS) is 14.2. The number of hydrogen-bond acceptors (Lipinski definition) is 3. The van der Waals surface area contributed by atoms with Crippen LogP contribution in [0.5, 0.6) is 0 Å². The first-order valence-electron chi connectivity index (χ1n) is 8.75. The molecule has 1 amide bonds. The highest BCUT2D eigenvalue weighted by molar-refractivity contribution is 5.87. The number of aryl methyl sites for hydroxylation is 2. The molecule has 1 aliphatic rings. The Morgan fingerprint density at radius 3 is 2.76 bits per heavy atom. The standard InChI is InChI=1S/C19H23N5O/c1-12-16(13(2)23(3)22-12)11-24(14-8-9-14)19(25)10-18-15-6-4-5-7-17(15)20-21-18/h4-7,14H,8-11H2,1-3H3,(H,20,21). The second-order valence-corrected chi connectivity index (χ2v) is 6.92. The number of benzene rings is 1. The van der Waals surface area contributed by atoms with Gasteiger partial charge in [0.1, 0.15) is 0 Å². The highest BCUT2D eigenvalue weighted by Gasteiger charge is 2.33. The number of nitrogens with one attached hydrogen (secondary N) is 1. The number of H-pyrrole nitrogens is 1. The van der Waals surface area contributed by atoms with E-state index in [0.717, 1.165) is 46.4 Å². The molecule has 3 aromatic rings. The number of aromatic nitrogens is 4. The molecule has 0 aliphatic heterocycles. The fourth-order valence-electron chi connectivity index (χ4n) is 3.43. The van der Waals surface area contributed by atoms with Crippen molar-refractivity contribution in [1.82, 2.24) is 24.9 Å². The molecule has 1 fully saturated rings. The summed E-state index contributed by atoms with van der Waals surface area (Å²) >= 11 is 0. The summed E-state index contributed by atoms with van der Waals surface area (Å²) in [5, 5.41) is 12.8. The molecule has 6 nitrogen and oxygen atoms in total. The monoisotopic (exact) mass is 337 g/mol. The maximum Gasteiger partial charge on any atom is 0.229 e. The van der Waals surface area contributed by atoms with Crippen molar-refractivity contribution in [2.24, 2.45) is 7.05 Å². The predicted octanol–water partition coefficient (Wildman–Crippen LogP) is 2.65. The van der Waals surface area contributed by atoms with Gasteiger partial charge in [-0.1, -0.05) is 18.2 Å². The Morgan fingerprint density at radius 2 is 2.08 bits per heavy atom. The van der Waals surface area contributed by atoms with E-state index in [2.05, 4.69) is 22.2 Å². The molecule has 0 unspecified atom stereocenters. The van der Waals surface area contributed by atoms with E-state index in [1.807, 2.05) is 47.8 Å². The van der Waals surface area contributed by atoms with Crippen molar-refractivity contribution in [1.29, 1.82) is 0 Å². The maximum atomic E-state index is 13.0. The smallest absolute Gasteiger partial charge is 0.229 e. The summed E-state index contributed by atoms with van der Waals surface area (Å²) in [6, 6.07) is 8.27. The molecule has 1 N–H and O–H groups in total. The lowest BCUT2D eigenvalue weighted by molar-refractivity contribution is -0.131. The summed E-state index contributed by atoms with van der Waals surface area (Å²) in [7, 11) is 1.95. The number of amides is 1. The third kappa shape index (κ3) is 2.92. The van der Waals surface area contributed by atoms with Gasteiger partial charge >= 0.3 is 0 Å². The van der Waals surface area contributed by atoms with Crippen LogP contribution < -0.4 is 0 Å². The van der Waals surface area contributed by atoms with Crippen LogP contribution in [-0.4, -0.2) is 36.8 Å². The van der Waals surface area contributed by atoms with Gasteiger partial charge in [-0.05, 0) is 32.8 Å². The van der Waals surface area contributed by atoms with Crippen LogP contribution in [0, 0.1) is 13.8 Å². The van der Waals surface area contributed by atoms with E-state index in [1.165, 1.54) is 0 Å². The van der Waals surface area contributed by atoms with Crippen LogP contribution in [-0.2, 0) is 24.8 Å². The molecule has 0 saturated heterocycles. The molecule has 0 spiro atoms. The van der Waals surface area contributed by atoms with Crippen molar-refractivity contribution in [2.45, 2.75) is 45.7 Å². The van der Waals surface area contributed by atoms with E-state index >= 15 is 0 Å². The molecule has 2 aromatic heterocycles. The average molecular weight is 337 g/mol. The Bertz CT molecular complexity index is 935. The zero-order valence-corrected chi connectivity index (χ0v) is 14.9. The van der Waals surface area contributed by atoms with Crippen LogP contribution in [0.1, 0.15) is 35.5 Å². The molecule has 6 heteroatoms. The Kier molecular flexibility index (Phi) is 3.82. The summed E-state index contributed by atoms with van der Waals surface area (Å²) in [5.74, 6) is 0.152. The van der Waals surface area contributed by atoms with Gasteiger partial charge in [0.25, 0.3) is 0 Å². The average Bonchev–Trinajstić information content (AvgIpc) is 3.31. The third-order valence-corrected chi connectivity index (χ3v) is 5.16. The minimum absolute atomic E-state index is 0.152. The fourth-order valence-corrected chi connectivity index (χ4v) is 3.43. The quantitative estimate of drug-likeness (QED) is 0.778. The first-order chi connectivity index (χ1) is 12.0. The van der Waals surface area contributed by atoms with Crippen LogP contribution >= 0.6 is 0 Å². The number of carbonyl (C=O) groups excluding carboxylic acids is 1. The van der Waals surface area contributed by atoms with Gasteiger partial charge in [-0.25, -0.2) is 0 Å². The first kappa shape index (κ1) is 15.9. The zero-order chi connectivity index (χ0) is 17.6. The van der Waals surface area contributed by atoms with Gasteiger partial charge in [-0.2, -0.15) is 10.2 Å². The topological polar surface area (TPSA) is 66.8 Å². The van der Waals surface area contributed by atoms with Crippen LogP contribution in [0.2, 0.25) is 0 Å². The van der Waals surface area contributed by atoms with Gasteiger partial charge in [0.05, 0.1) is 23.3 Å². The summed E-state index contributed by atoms with van der Waals surface area (Å²) in [5.41, 5.74) is 5.10. The van der Waals surface area contributed by atoms with E-state index < -0.39 is 0 Å². The van der Waals surface area contributed by atoms with Crippen LogP contribution in [0.15, 0.2) is 24.3 Å². The molecule has 4 rings (SSSR count). The van der Waals surface area contributed by atoms with Gasteiger partial charge in [0, 0.05) is 36.3 Å². The molecule has 130 valence electrons. The number of para-hydroxylation sites is 1. The maximum absolute atomic E-state index is 13.0. The zero-order valence-electron chi connectivity index (χ0n) is 14.9. The highest BCUT2D eigenvalue weighted by Crippen LogP contribution is 2.30. The van der Waals surface area contributed by atoms with E-state index in [1.54, 1.807) is 0 Å². The van der Waals surface area contributed by atoms with E-state index in [4.69, 9.17) is 0 Å². The predicted molar refractivity (Wildman–Crippen MR) is 96.1 cm³/mol. The molecule has 25 heavy (non-hydrogen) atoms. The molecular formula is C19H23N5O. The van der Waals surface area contributed by atoms with Crippen molar-refractivity contribution >= 4 is 16.8 Å². The van der Waals surface area contributed by atoms with Crippen molar-refractivity contribution < 1.29 is 4.79 Å². The van der Waals surface area contributed by atoms with Crippen LogP contribution in [0.25, 0.3) is 10.9 Å². The number of aromatic amines is 1. The minimum Gasteiger partial charge on any atom is -0.335 e. The van der Waals surface area contributed by atoms with Crippen LogP contribution in [0.4, 0.5) is 0 Å². The molecule has 1 saturated carbocycles. The number of hydrogen-bond donors (Lipinski definition) is 1. The van der Waals surface area contributed by atoms with Crippen molar-refractivity contribution in [2.75, 3.05) is 0 Å². The SMILES string of the molecule is Cc1nn(C)c(C)c1CN(C(=O)Cc1[nH]nc2ccccc12)C1CC1. The van der Waals surface area contributed by atoms with Gasteiger partial charge in [-0.15, -0.1) is 0 Å². The fraction of sp³-hybridized carbons (Fsp3) is 0.421. The van der Waals surface area contributed by atoms with Gasteiger partial charge in [0.2, 0.25) is 5.91 Å². The Hall–Kier alpha value is -2.63. The van der Waals surface area contributed by atoms with E-state index in [-0.39, 0.29) is 5.91 Å². The number of rotatable bonds is 5. The number of nitrogens with zero attached hydrogens (tertiary/aromatic N) is 4. The lowest BCUT2D eigenvalue weighted by Gasteiger charge is -2.22. The third-order valence-electron chi connectivity index (χ3n) is 5.16. The molecular weight excluding hydrogens is 314 g/mol.